The summed E-state index contributed by atoms with van der Waals surface area (Å²) in [5.74, 6) is -0.260. The van der Waals surface area contributed by atoms with E-state index in [-0.39, 0.29) is 5.97 Å². The number of epoxide rings is 1. The Balaban J connectivity index is 2.39. The number of carbonyl (C=O) groups is 1. The van der Waals surface area contributed by atoms with Gasteiger partial charge in [0.05, 0.1) is 6.61 Å². The average Bonchev–Trinajstić information content (AvgIpc) is 3.10. The summed E-state index contributed by atoms with van der Waals surface area (Å²) < 4.78 is 11.2. The van der Waals surface area contributed by atoms with Crippen molar-refractivity contribution in [1.82, 2.24) is 0 Å². The van der Waals surface area contributed by atoms with Crippen molar-refractivity contribution < 1.29 is 14.3 Å². The lowest BCUT2D eigenvalue weighted by Gasteiger charge is -2.18. The Bertz CT molecular complexity index is 502. The maximum absolute atomic E-state index is 12.4. The molecule has 0 saturated carbocycles. The number of ether oxygens (including phenoxy) is 2. The molecule has 1 aromatic carbocycles. The molecule has 4 heteroatoms. The molecule has 1 saturated heterocycles. The van der Waals surface area contributed by atoms with Crippen molar-refractivity contribution in [2.24, 2.45) is 0 Å². The average molecular weight is 297 g/mol. The van der Waals surface area contributed by atoms with Gasteiger partial charge in [0, 0.05) is 5.02 Å². The van der Waals surface area contributed by atoms with Gasteiger partial charge in [0.25, 0.3) is 0 Å². The molecule has 1 heterocycles. The van der Waals surface area contributed by atoms with Crippen LogP contribution < -0.4 is 0 Å². The SMILES string of the molecule is CCCC1(C(=O)OCC)OC1(CC)c1cccc(Cl)c1. The maximum Gasteiger partial charge on any atom is 0.341 e. The molecule has 2 atom stereocenters. The van der Waals surface area contributed by atoms with E-state index in [1.165, 1.54) is 0 Å². The lowest BCUT2D eigenvalue weighted by molar-refractivity contribution is -0.149. The fraction of sp³-hybridized carbons (Fsp3) is 0.562. The molecule has 0 radical (unpaired) electrons. The molecule has 3 nitrogen and oxygen atoms in total. The molecule has 0 aromatic heterocycles. The molecule has 1 aliphatic heterocycles. The van der Waals surface area contributed by atoms with Gasteiger partial charge in [0.1, 0.15) is 5.60 Å². The quantitative estimate of drug-likeness (QED) is 0.586. The van der Waals surface area contributed by atoms with Gasteiger partial charge in [-0.15, -0.1) is 0 Å². The molecule has 2 rings (SSSR count). The van der Waals surface area contributed by atoms with E-state index >= 15 is 0 Å². The first-order valence-corrected chi connectivity index (χ1v) is 7.57. The summed E-state index contributed by atoms with van der Waals surface area (Å²) >= 11 is 6.07. The molecule has 1 aliphatic rings. The van der Waals surface area contributed by atoms with Crippen LogP contribution in [0.5, 0.6) is 0 Å². The molecule has 20 heavy (non-hydrogen) atoms. The third-order valence-corrected chi connectivity index (χ3v) is 4.19. The molecule has 0 amide bonds. The van der Waals surface area contributed by atoms with Crippen LogP contribution in [0.2, 0.25) is 5.02 Å². The third kappa shape index (κ3) is 2.23. The number of hydrogen-bond acceptors (Lipinski definition) is 3. The van der Waals surface area contributed by atoms with Crippen LogP contribution in [0.15, 0.2) is 24.3 Å². The van der Waals surface area contributed by atoms with Crippen LogP contribution in [-0.4, -0.2) is 18.2 Å². The Morgan fingerprint density at radius 1 is 1.35 bits per heavy atom. The lowest BCUT2D eigenvalue weighted by atomic mass is 9.81. The minimum absolute atomic E-state index is 0.260. The molecule has 0 spiro atoms. The van der Waals surface area contributed by atoms with Crippen molar-refractivity contribution in [3.8, 4) is 0 Å². The van der Waals surface area contributed by atoms with Gasteiger partial charge < -0.3 is 9.47 Å². The zero-order valence-corrected chi connectivity index (χ0v) is 13.0. The second-order valence-electron chi connectivity index (χ2n) is 5.09. The minimum Gasteiger partial charge on any atom is -0.464 e. The van der Waals surface area contributed by atoms with Crippen molar-refractivity contribution >= 4 is 17.6 Å². The van der Waals surface area contributed by atoms with Crippen molar-refractivity contribution in [1.29, 1.82) is 0 Å². The fourth-order valence-electron chi connectivity index (χ4n) is 3.03. The third-order valence-electron chi connectivity index (χ3n) is 3.96. The molecular formula is C16H21ClO3. The van der Waals surface area contributed by atoms with Crippen LogP contribution in [0.3, 0.4) is 0 Å². The molecule has 0 N–H and O–H groups in total. The summed E-state index contributed by atoms with van der Waals surface area (Å²) in [4.78, 5) is 12.4. The van der Waals surface area contributed by atoms with E-state index in [1.54, 1.807) is 0 Å². The summed E-state index contributed by atoms with van der Waals surface area (Å²) in [5.41, 5.74) is -0.494. The number of rotatable bonds is 6. The number of benzene rings is 1. The molecule has 0 aliphatic carbocycles. The molecule has 1 fully saturated rings. The van der Waals surface area contributed by atoms with Crippen molar-refractivity contribution in [3.05, 3.63) is 34.9 Å². The van der Waals surface area contributed by atoms with Gasteiger partial charge in [0.2, 0.25) is 0 Å². The Kier molecular flexibility index (Phi) is 4.40. The van der Waals surface area contributed by atoms with Crippen molar-refractivity contribution in [3.63, 3.8) is 0 Å². The van der Waals surface area contributed by atoms with Crippen LogP contribution in [0, 0.1) is 0 Å². The van der Waals surface area contributed by atoms with E-state index in [4.69, 9.17) is 21.1 Å². The predicted octanol–water partition coefficient (Wildman–Crippen LogP) is 4.08. The summed E-state index contributed by atoms with van der Waals surface area (Å²) in [5, 5.41) is 0.653. The summed E-state index contributed by atoms with van der Waals surface area (Å²) in [6, 6.07) is 7.55. The van der Waals surface area contributed by atoms with Gasteiger partial charge >= 0.3 is 5.97 Å². The van der Waals surface area contributed by atoms with Crippen molar-refractivity contribution in [2.75, 3.05) is 6.61 Å². The van der Waals surface area contributed by atoms with E-state index in [0.29, 0.717) is 24.5 Å². The predicted molar refractivity (Wildman–Crippen MR) is 78.8 cm³/mol. The topological polar surface area (TPSA) is 38.8 Å². The van der Waals surface area contributed by atoms with Gasteiger partial charge in [0.15, 0.2) is 5.60 Å². The van der Waals surface area contributed by atoms with Gasteiger partial charge in [-0.05, 0) is 37.5 Å². The smallest absolute Gasteiger partial charge is 0.341 e. The van der Waals surface area contributed by atoms with E-state index in [9.17, 15) is 4.79 Å². The summed E-state index contributed by atoms with van der Waals surface area (Å²) in [7, 11) is 0. The standard InChI is InChI=1S/C16H21ClO3/c1-4-10-16(14(18)19-6-3)15(5-2,20-16)12-8-7-9-13(17)11-12/h7-9,11H,4-6,10H2,1-3H3. The van der Waals surface area contributed by atoms with Crippen LogP contribution in [0.4, 0.5) is 0 Å². The van der Waals surface area contributed by atoms with Gasteiger partial charge in [-0.3, -0.25) is 0 Å². The largest absolute Gasteiger partial charge is 0.464 e. The van der Waals surface area contributed by atoms with Gasteiger partial charge in [-0.2, -0.15) is 0 Å². The first kappa shape index (κ1) is 15.3. The van der Waals surface area contributed by atoms with Crippen LogP contribution in [0.1, 0.15) is 45.6 Å². The Morgan fingerprint density at radius 3 is 2.65 bits per heavy atom. The number of halogens is 1. The molecule has 1 aromatic rings. The highest BCUT2D eigenvalue weighted by Gasteiger charge is 2.74. The van der Waals surface area contributed by atoms with E-state index in [1.807, 2.05) is 45.0 Å². The van der Waals surface area contributed by atoms with Gasteiger partial charge in [-0.1, -0.05) is 44.0 Å². The van der Waals surface area contributed by atoms with E-state index in [2.05, 4.69) is 0 Å². The Morgan fingerprint density at radius 2 is 2.10 bits per heavy atom. The first-order valence-electron chi connectivity index (χ1n) is 7.19. The second-order valence-corrected chi connectivity index (χ2v) is 5.53. The first-order chi connectivity index (χ1) is 9.56. The fourth-order valence-corrected chi connectivity index (χ4v) is 3.22. The number of carbonyl (C=O) groups excluding carboxylic acids is 1. The number of hydrogen-bond donors (Lipinski definition) is 0. The monoisotopic (exact) mass is 296 g/mol. The maximum atomic E-state index is 12.4. The number of esters is 1. The van der Waals surface area contributed by atoms with E-state index in [0.717, 1.165) is 12.0 Å². The zero-order valence-electron chi connectivity index (χ0n) is 12.2. The highest BCUT2D eigenvalue weighted by molar-refractivity contribution is 6.30. The second kappa shape index (κ2) is 5.74. The highest BCUT2D eigenvalue weighted by atomic mass is 35.5. The molecule has 0 bridgehead atoms. The lowest BCUT2D eigenvalue weighted by Crippen LogP contribution is -2.34. The van der Waals surface area contributed by atoms with Gasteiger partial charge in [-0.25, -0.2) is 4.79 Å². The zero-order chi connectivity index (χ0) is 14.8. The van der Waals surface area contributed by atoms with Crippen LogP contribution >= 0.6 is 11.6 Å². The normalized spacial score (nSPS) is 28.2. The molecule has 110 valence electrons. The molecular weight excluding hydrogens is 276 g/mol. The Labute approximate surface area is 125 Å². The van der Waals surface area contributed by atoms with Crippen LogP contribution in [-0.2, 0) is 19.9 Å². The molecule has 2 unspecified atom stereocenters. The highest BCUT2D eigenvalue weighted by Crippen LogP contribution is 2.61. The summed E-state index contributed by atoms with van der Waals surface area (Å²) in [6.45, 7) is 6.24. The van der Waals surface area contributed by atoms with Crippen LogP contribution in [0.25, 0.3) is 0 Å². The Hall–Kier alpha value is -1.06. The van der Waals surface area contributed by atoms with E-state index < -0.39 is 11.2 Å². The van der Waals surface area contributed by atoms with Crippen molar-refractivity contribution in [2.45, 2.75) is 51.2 Å². The minimum atomic E-state index is -0.850. The summed E-state index contributed by atoms with van der Waals surface area (Å²) in [6.07, 6.45) is 2.24.